The van der Waals surface area contributed by atoms with Gasteiger partial charge in [0.05, 0.1) is 6.61 Å². The van der Waals surface area contributed by atoms with Crippen molar-refractivity contribution in [1.29, 1.82) is 0 Å². The fourth-order valence-corrected chi connectivity index (χ4v) is 2.52. The Kier molecular flexibility index (Phi) is 4.20. The number of halogens is 3. The van der Waals surface area contributed by atoms with E-state index < -0.39 is 6.36 Å². The van der Waals surface area contributed by atoms with Crippen LogP contribution in [0, 0.1) is 11.5 Å². The Balaban J connectivity index is 1.67. The van der Waals surface area contributed by atoms with Crippen LogP contribution in [0.4, 0.5) is 13.2 Å². The van der Waals surface area contributed by atoms with E-state index in [1.807, 2.05) is 30.3 Å². The van der Waals surface area contributed by atoms with Gasteiger partial charge in [-0.05, 0) is 49.1 Å². The number of ether oxygens (including phenoxy) is 2. The molecular formula is C18H16F3O2. The molecule has 0 atom stereocenters. The highest BCUT2D eigenvalue weighted by Crippen LogP contribution is 2.49. The predicted molar refractivity (Wildman–Crippen MR) is 79.3 cm³/mol. The minimum atomic E-state index is -4.69. The first-order valence-corrected chi connectivity index (χ1v) is 7.38. The molecule has 121 valence electrons. The van der Waals surface area contributed by atoms with Crippen LogP contribution in [0.3, 0.4) is 0 Å². The molecule has 0 bridgehead atoms. The normalized spacial score (nSPS) is 16.0. The van der Waals surface area contributed by atoms with Crippen LogP contribution in [-0.2, 0) is 6.42 Å². The first kappa shape index (κ1) is 15.7. The molecule has 1 aliphatic carbocycles. The lowest BCUT2D eigenvalue weighted by Gasteiger charge is -2.19. The maximum atomic E-state index is 12.5. The molecule has 2 aromatic rings. The van der Waals surface area contributed by atoms with Crippen LogP contribution in [-0.4, -0.2) is 13.0 Å². The van der Waals surface area contributed by atoms with Crippen LogP contribution < -0.4 is 9.47 Å². The standard InChI is InChI=1S/C18H16F3O2/c19-18(20,21)23-16-9-5-4-6-14(16)12-17(10-11-17)13-22-15-7-2-1-3-8-15/h1-4,6-9H,10-13H2. The van der Waals surface area contributed by atoms with Gasteiger partial charge in [0, 0.05) is 5.41 Å². The van der Waals surface area contributed by atoms with E-state index in [2.05, 4.69) is 10.8 Å². The molecule has 5 heteroatoms. The monoisotopic (exact) mass is 321 g/mol. The minimum absolute atomic E-state index is 0.110. The van der Waals surface area contributed by atoms with Gasteiger partial charge < -0.3 is 9.47 Å². The molecule has 3 rings (SSSR count). The quantitative estimate of drug-likeness (QED) is 0.762. The Bertz CT molecular complexity index is 649. The summed E-state index contributed by atoms with van der Waals surface area (Å²) >= 11 is 0. The van der Waals surface area contributed by atoms with Gasteiger partial charge in [0.1, 0.15) is 11.5 Å². The molecule has 2 nitrogen and oxygen atoms in total. The maximum Gasteiger partial charge on any atom is 0.573 e. The van der Waals surface area contributed by atoms with Gasteiger partial charge in [-0.1, -0.05) is 30.3 Å². The molecule has 1 aliphatic rings. The first-order valence-electron chi connectivity index (χ1n) is 7.38. The molecular weight excluding hydrogens is 305 g/mol. The van der Waals surface area contributed by atoms with Crippen LogP contribution >= 0.6 is 0 Å². The lowest BCUT2D eigenvalue weighted by atomic mass is 9.96. The summed E-state index contributed by atoms with van der Waals surface area (Å²) in [6, 6.07) is 16.5. The van der Waals surface area contributed by atoms with E-state index in [0.29, 0.717) is 18.6 Å². The van der Waals surface area contributed by atoms with Gasteiger partial charge in [0.25, 0.3) is 0 Å². The number of hydrogen-bond donors (Lipinski definition) is 0. The molecule has 0 aromatic heterocycles. The molecule has 0 N–H and O–H groups in total. The summed E-state index contributed by atoms with van der Waals surface area (Å²) in [5.74, 6) is 0.595. The second-order valence-electron chi connectivity index (χ2n) is 5.86. The van der Waals surface area contributed by atoms with Crippen molar-refractivity contribution >= 4 is 0 Å². The Morgan fingerprint density at radius 1 is 1.09 bits per heavy atom. The molecule has 0 aliphatic heterocycles. The van der Waals surface area contributed by atoms with E-state index in [9.17, 15) is 13.2 Å². The van der Waals surface area contributed by atoms with E-state index in [1.54, 1.807) is 12.1 Å². The van der Waals surface area contributed by atoms with Gasteiger partial charge in [-0.15, -0.1) is 13.2 Å². The second kappa shape index (κ2) is 6.14. The van der Waals surface area contributed by atoms with Gasteiger partial charge in [0.2, 0.25) is 0 Å². The summed E-state index contributed by atoms with van der Waals surface area (Å²) in [6.07, 6.45) is -2.32. The summed E-state index contributed by atoms with van der Waals surface area (Å²) < 4.78 is 47.3. The molecule has 0 amide bonds. The number of benzene rings is 2. The summed E-state index contributed by atoms with van der Waals surface area (Å²) in [7, 11) is 0. The van der Waals surface area contributed by atoms with Gasteiger partial charge in [-0.2, -0.15) is 0 Å². The Morgan fingerprint density at radius 2 is 1.83 bits per heavy atom. The van der Waals surface area contributed by atoms with Crippen molar-refractivity contribution in [3.63, 3.8) is 0 Å². The third-order valence-corrected chi connectivity index (χ3v) is 3.95. The maximum absolute atomic E-state index is 12.5. The summed E-state index contributed by atoms with van der Waals surface area (Å²) in [4.78, 5) is 0. The topological polar surface area (TPSA) is 18.5 Å². The molecule has 1 saturated carbocycles. The average molecular weight is 321 g/mol. The van der Waals surface area contributed by atoms with Gasteiger partial charge >= 0.3 is 6.36 Å². The molecule has 1 fully saturated rings. The molecule has 0 unspecified atom stereocenters. The van der Waals surface area contributed by atoms with E-state index in [4.69, 9.17) is 4.74 Å². The Morgan fingerprint density at radius 3 is 2.48 bits per heavy atom. The third-order valence-electron chi connectivity index (χ3n) is 3.95. The molecule has 0 heterocycles. The third kappa shape index (κ3) is 4.41. The average Bonchev–Trinajstić information content (AvgIpc) is 3.27. The van der Waals surface area contributed by atoms with Gasteiger partial charge in [0.15, 0.2) is 0 Å². The largest absolute Gasteiger partial charge is 0.573 e. The lowest BCUT2D eigenvalue weighted by Crippen LogP contribution is -2.20. The van der Waals surface area contributed by atoms with E-state index in [0.717, 1.165) is 18.6 Å². The zero-order valence-corrected chi connectivity index (χ0v) is 12.4. The second-order valence-corrected chi connectivity index (χ2v) is 5.86. The van der Waals surface area contributed by atoms with Crippen molar-refractivity contribution in [2.75, 3.05) is 6.61 Å². The highest BCUT2D eigenvalue weighted by atomic mass is 19.4. The van der Waals surface area contributed by atoms with Crippen molar-refractivity contribution in [3.05, 3.63) is 60.2 Å². The van der Waals surface area contributed by atoms with Crippen molar-refractivity contribution in [2.24, 2.45) is 5.41 Å². The SMILES string of the molecule is FC(F)(F)Oc1c[c]ccc1CC1(COc2ccccc2)CC1. The molecule has 2 aromatic carbocycles. The summed E-state index contributed by atoms with van der Waals surface area (Å²) in [6.45, 7) is 0.487. The number of hydrogen-bond acceptors (Lipinski definition) is 2. The predicted octanol–water partition coefficient (Wildman–Crippen LogP) is 4.79. The van der Waals surface area contributed by atoms with Crippen LogP contribution in [0.25, 0.3) is 0 Å². The van der Waals surface area contributed by atoms with E-state index in [1.165, 1.54) is 6.07 Å². The highest BCUT2D eigenvalue weighted by molar-refractivity contribution is 5.35. The van der Waals surface area contributed by atoms with Gasteiger partial charge in [-0.3, -0.25) is 0 Å². The van der Waals surface area contributed by atoms with Crippen LogP contribution in [0.2, 0.25) is 0 Å². The minimum Gasteiger partial charge on any atom is -0.493 e. The van der Waals surface area contributed by atoms with E-state index >= 15 is 0 Å². The Labute approximate surface area is 132 Å². The lowest BCUT2D eigenvalue weighted by molar-refractivity contribution is -0.274. The van der Waals surface area contributed by atoms with Crippen LogP contribution in [0.5, 0.6) is 11.5 Å². The summed E-state index contributed by atoms with van der Waals surface area (Å²) in [5, 5.41) is 0. The number of rotatable bonds is 6. The smallest absolute Gasteiger partial charge is 0.493 e. The first-order chi connectivity index (χ1) is 11.0. The van der Waals surface area contributed by atoms with Crippen LogP contribution in [0.1, 0.15) is 18.4 Å². The van der Waals surface area contributed by atoms with Crippen molar-refractivity contribution in [2.45, 2.75) is 25.6 Å². The zero-order chi connectivity index (χ0) is 16.3. The fraction of sp³-hybridized carbons (Fsp3) is 0.333. The summed E-state index contributed by atoms with van der Waals surface area (Å²) in [5.41, 5.74) is 0.427. The van der Waals surface area contributed by atoms with E-state index in [-0.39, 0.29) is 11.2 Å². The molecule has 0 saturated heterocycles. The molecule has 1 radical (unpaired) electrons. The van der Waals surface area contributed by atoms with Gasteiger partial charge in [-0.25, -0.2) is 0 Å². The molecule has 23 heavy (non-hydrogen) atoms. The molecule has 0 spiro atoms. The van der Waals surface area contributed by atoms with Crippen molar-refractivity contribution < 1.29 is 22.6 Å². The number of para-hydroxylation sites is 1. The fourth-order valence-electron chi connectivity index (χ4n) is 2.52. The van der Waals surface area contributed by atoms with Crippen molar-refractivity contribution in [3.8, 4) is 11.5 Å². The Hall–Kier alpha value is -2.17. The van der Waals surface area contributed by atoms with Crippen LogP contribution in [0.15, 0.2) is 48.5 Å². The highest BCUT2D eigenvalue weighted by Gasteiger charge is 2.44. The zero-order valence-electron chi connectivity index (χ0n) is 12.4. The number of alkyl halides is 3. The van der Waals surface area contributed by atoms with Crippen molar-refractivity contribution in [1.82, 2.24) is 0 Å².